The largest absolute Gasteiger partial charge is 0.408 e. The lowest BCUT2D eigenvalue weighted by Crippen LogP contribution is -1.65. The van der Waals surface area contributed by atoms with Gasteiger partial charge in [0.05, 0.1) is 0 Å². The van der Waals surface area contributed by atoms with Gasteiger partial charge in [0.25, 0.3) is 6.40 Å². The van der Waals surface area contributed by atoms with Crippen molar-refractivity contribution >= 4 is 6.40 Å². The SMILES string of the molecule is O/N=C/OF. The molecule has 0 aliphatic carbocycles. The molecule has 0 aliphatic rings. The molecule has 0 saturated carbocycles. The Bertz CT molecular complexity index is 36.6. The van der Waals surface area contributed by atoms with Crippen molar-refractivity contribution < 1.29 is 14.7 Å². The van der Waals surface area contributed by atoms with E-state index in [4.69, 9.17) is 5.21 Å². The lowest BCUT2D eigenvalue weighted by Gasteiger charge is -1.65. The highest BCUT2D eigenvalue weighted by Crippen LogP contribution is 1.58. The Morgan fingerprint density at radius 1 is 2.00 bits per heavy atom. The van der Waals surface area contributed by atoms with Crippen molar-refractivity contribution in [2.75, 3.05) is 0 Å². The fourth-order valence-corrected chi connectivity index (χ4v) is 0.0178. The number of hydrogen-bond acceptors (Lipinski definition) is 3. The van der Waals surface area contributed by atoms with Gasteiger partial charge >= 0.3 is 0 Å². The Hall–Kier alpha value is -0.800. The van der Waals surface area contributed by atoms with Crippen LogP contribution in [0.4, 0.5) is 4.53 Å². The lowest BCUT2D eigenvalue weighted by atomic mass is 11.6. The minimum absolute atomic E-state index is 0.264. The van der Waals surface area contributed by atoms with Gasteiger partial charge in [0.1, 0.15) is 0 Å². The molecule has 0 fully saturated rings. The van der Waals surface area contributed by atoms with Gasteiger partial charge in [0.15, 0.2) is 0 Å². The zero-order chi connectivity index (χ0) is 4.12. The van der Waals surface area contributed by atoms with Gasteiger partial charge in [-0.3, -0.25) is 4.94 Å². The van der Waals surface area contributed by atoms with Crippen molar-refractivity contribution in [2.45, 2.75) is 0 Å². The first kappa shape index (κ1) is 4.20. The first-order valence-electron chi connectivity index (χ1n) is 0.848. The second-order valence-electron chi connectivity index (χ2n) is 0.310. The maximum Gasteiger partial charge on any atom is 0.262 e. The van der Waals surface area contributed by atoms with Crippen LogP contribution < -0.4 is 0 Å². The summed E-state index contributed by atoms with van der Waals surface area (Å²) >= 11 is 0. The molecule has 3 nitrogen and oxygen atoms in total. The minimum atomic E-state index is 0.264. The normalized spacial score (nSPS) is 9.00. The van der Waals surface area contributed by atoms with Crippen LogP contribution >= 0.6 is 0 Å². The van der Waals surface area contributed by atoms with Crippen LogP contribution in [0.15, 0.2) is 5.16 Å². The van der Waals surface area contributed by atoms with E-state index in [1.165, 1.54) is 0 Å². The van der Waals surface area contributed by atoms with E-state index < -0.39 is 0 Å². The third kappa shape index (κ3) is 3.20. The quantitative estimate of drug-likeness (QED) is 0.212. The fourth-order valence-electron chi connectivity index (χ4n) is 0.0178. The van der Waals surface area contributed by atoms with E-state index in [-0.39, 0.29) is 6.40 Å². The molecular weight excluding hydrogens is 77.0 g/mol. The lowest BCUT2D eigenvalue weighted by molar-refractivity contribution is -0.0184. The molecule has 0 heterocycles. The first-order chi connectivity index (χ1) is 2.41. The maximum atomic E-state index is 10.2. The summed E-state index contributed by atoms with van der Waals surface area (Å²) in [5, 5.41) is 9.40. The molecule has 0 aromatic heterocycles. The van der Waals surface area contributed by atoms with Crippen molar-refractivity contribution in [3.05, 3.63) is 0 Å². The summed E-state index contributed by atoms with van der Waals surface area (Å²) in [6.45, 7) is 0. The highest BCUT2D eigenvalue weighted by atomic mass is 19.3. The van der Waals surface area contributed by atoms with Gasteiger partial charge in [-0.25, -0.2) is 0 Å². The summed E-state index contributed by atoms with van der Waals surface area (Å²) in [7, 11) is 0. The maximum absolute atomic E-state index is 10.2. The van der Waals surface area contributed by atoms with Crippen LogP contribution in [0.25, 0.3) is 0 Å². The van der Waals surface area contributed by atoms with Crippen LogP contribution in [0, 0.1) is 0 Å². The van der Waals surface area contributed by atoms with Gasteiger partial charge in [-0.15, -0.1) is 0 Å². The van der Waals surface area contributed by atoms with Gasteiger partial charge < -0.3 is 5.21 Å². The van der Waals surface area contributed by atoms with E-state index >= 15 is 0 Å². The molecule has 0 aromatic rings. The zero-order valence-corrected chi connectivity index (χ0v) is 2.26. The molecule has 0 amide bonds. The van der Waals surface area contributed by atoms with Crippen LogP contribution in [-0.4, -0.2) is 11.6 Å². The van der Waals surface area contributed by atoms with Gasteiger partial charge in [-0.2, -0.15) is 0 Å². The molecule has 0 radical (unpaired) electrons. The third-order valence-corrected chi connectivity index (χ3v) is 0.0870. The second kappa shape index (κ2) is 3.20. The molecule has 0 aliphatic heterocycles. The Kier molecular flexibility index (Phi) is 2.69. The molecule has 0 rings (SSSR count). The summed E-state index contributed by atoms with van der Waals surface area (Å²) < 4.78 is 10.2. The minimum Gasteiger partial charge on any atom is -0.408 e. The van der Waals surface area contributed by atoms with E-state index in [0.717, 1.165) is 0 Å². The van der Waals surface area contributed by atoms with Crippen molar-refractivity contribution in [1.29, 1.82) is 0 Å². The number of rotatable bonds is 1. The molecule has 1 N–H and O–H groups in total. The topological polar surface area (TPSA) is 41.8 Å². The van der Waals surface area contributed by atoms with Gasteiger partial charge in [-0.05, 0) is 0 Å². The summed E-state index contributed by atoms with van der Waals surface area (Å²) in [5.41, 5.74) is 0. The van der Waals surface area contributed by atoms with Crippen molar-refractivity contribution in [1.82, 2.24) is 0 Å². The van der Waals surface area contributed by atoms with E-state index in [0.29, 0.717) is 0 Å². The molecule has 4 heteroatoms. The smallest absolute Gasteiger partial charge is 0.262 e. The summed E-state index contributed by atoms with van der Waals surface area (Å²) in [5.74, 6) is 0. The Morgan fingerprint density at radius 3 is 2.60 bits per heavy atom. The van der Waals surface area contributed by atoms with Gasteiger partial charge in [-0.1, -0.05) is 5.16 Å². The number of nitrogens with zero attached hydrogens (tertiary/aromatic N) is 1. The van der Waals surface area contributed by atoms with Crippen molar-refractivity contribution in [2.24, 2.45) is 5.16 Å². The van der Waals surface area contributed by atoms with E-state index in [1.807, 2.05) is 0 Å². The van der Waals surface area contributed by atoms with Crippen molar-refractivity contribution in [3.8, 4) is 0 Å². The predicted molar refractivity (Wildman–Crippen MR) is 12.5 cm³/mol. The monoisotopic (exact) mass is 79.0 g/mol. The van der Waals surface area contributed by atoms with Crippen molar-refractivity contribution in [3.63, 3.8) is 0 Å². The summed E-state index contributed by atoms with van der Waals surface area (Å²) in [6, 6.07) is 0. The number of halogens is 1. The van der Waals surface area contributed by atoms with E-state index in [2.05, 4.69) is 10.1 Å². The van der Waals surface area contributed by atoms with Crippen LogP contribution in [0.1, 0.15) is 0 Å². The third-order valence-electron chi connectivity index (χ3n) is 0.0870. The standard InChI is InChI=1S/CH2FNO2/c2-5-1-3-4/h1,4H/b3-1+. The molecule has 30 valence electrons. The van der Waals surface area contributed by atoms with E-state index in [9.17, 15) is 4.53 Å². The summed E-state index contributed by atoms with van der Waals surface area (Å²) in [4.78, 5) is 2.65. The zero-order valence-electron chi connectivity index (χ0n) is 2.26. The van der Waals surface area contributed by atoms with Gasteiger partial charge in [0, 0.05) is 4.53 Å². The average molecular weight is 79.0 g/mol. The first-order valence-corrected chi connectivity index (χ1v) is 0.848. The van der Waals surface area contributed by atoms with E-state index in [1.54, 1.807) is 0 Å². The number of hydrogen-bond donors (Lipinski definition) is 1. The van der Waals surface area contributed by atoms with Crippen LogP contribution in [0.2, 0.25) is 0 Å². The van der Waals surface area contributed by atoms with Crippen LogP contribution in [0.5, 0.6) is 0 Å². The highest BCUT2D eigenvalue weighted by molar-refractivity contribution is 5.43. The van der Waals surface area contributed by atoms with Gasteiger partial charge in [0.2, 0.25) is 0 Å². The molecule has 0 unspecified atom stereocenters. The summed E-state index contributed by atoms with van der Waals surface area (Å²) in [6.07, 6.45) is 0.264. The van der Waals surface area contributed by atoms with Crippen LogP contribution in [0.3, 0.4) is 0 Å². The molecule has 0 atom stereocenters. The fraction of sp³-hybridized carbons (Fsp3) is 0. The van der Waals surface area contributed by atoms with Crippen LogP contribution in [-0.2, 0) is 4.94 Å². The highest BCUT2D eigenvalue weighted by Gasteiger charge is 1.56. The predicted octanol–water partition coefficient (Wildman–Crippen LogP) is 0.305. The molecule has 0 saturated heterocycles. The molecule has 0 bridgehead atoms. The molecule has 5 heavy (non-hydrogen) atoms. The second-order valence-corrected chi connectivity index (χ2v) is 0.310. The molecule has 0 spiro atoms. The Balaban J connectivity index is 2.62. The molecular formula is CH2FNO2. The Labute approximate surface area is 27.6 Å². The Morgan fingerprint density at radius 2 is 2.60 bits per heavy atom. The molecule has 0 aromatic carbocycles. The number of oxime groups is 1. The average Bonchev–Trinajstić information content (AvgIpc) is 1.41.